The van der Waals surface area contributed by atoms with Crippen LogP contribution in [0.25, 0.3) is 10.9 Å². The number of fused-ring (bicyclic) bond motifs is 1. The zero-order chi connectivity index (χ0) is 25.8. The Morgan fingerprint density at radius 3 is 2.31 bits per heavy atom. The molecule has 1 heterocycles. The number of carbonyl (C=O) groups excluding carboxylic acids is 1. The molecular formula is C28H38N2O4S. The van der Waals surface area contributed by atoms with Crippen molar-refractivity contribution in [2.24, 2.45) is 5.92 Å². The first kappa shape index (κ1) is 27.0. The second-order valence-electron chi connectivity index (χ2n) is 10.7. The smallest absolute Gasteiger partial charge is 0.419 e. The van der Waals surface area contributed by atoms with E-state index in [1.54, 1.807) is 30.5 Å². The molecule has 35 heavy (non-hydrogen) atoms. The lowest BCUT2D eigenvalue weighted by Gasteiger charge is -2.20. The average Bonchev–Trinajstić information content (AvgIpc) is 3.11. The molecule has 0 fully saturated rings. The SMILES string of the molecule is Cc1ccc(S(=O)(=O)NC(CCCC(C)C)Cc2cn(C(=O)OC(C)(C)C)c3ccccc23)cc1. The summed E-state index contributed by atoms with van der Waals surface area (Å²) in [5.41, 5.74) is 2.05. The van der Waals surface area contributed by atoms with Gasteiger partial charge in [-0.25, -0.2) is 17.9 Å². The summed E-state index contributed by atoms with van der Waals surface area (Å²) in [6.07, 6.45) is 4.44. The highest BCUT2D eigenvalue weighted by molar-refractivity contribution is 7.89. The van der Waals surface area contributed by atoms with Gasteiger partial charge in [-0.1, -0.05) is 62.6 Å². The third-order valence-corrected chi connectivity index (χ3v) is 7.37. The summed E-state index contributed by atoms with van der Waals surface area (Å²) in [6.45, 7) is 11.8. The summed E-state index contributed by atoms with van der Waals surface area (Å²) in [5.74, 6) is 0.540. The van der Waals surface area contributed by atoms with Gasteiger partial charge in [0.1, 0.15) is 5.60 Å². The Balaban J connectivity index is 1.92. The average molecular weight is 499 g/mol. The van der Waals surface area contributed by atoms with Crippen LogP contribution in [0, 0.1) is 12.8 Å². The van der Waals surface area contributed by atoms with Crippen LogP contribution in [0.3, 0.4) is 0 Å². The summed E-state index contributed by atoms with van der Waals surface area (Å²) in [4.78, 5) is 13.1. The summed E-state index contributed by atoms with van der Waals surface area (Å²) >= 11 is 0. The van der Waals surface area contributed by atoms with Gasteiger partial charge in [0, 0.05) is 17.6 Å². The van der Waals surface area contributed by atoms with E-state index in [1.165, 1.54) is 4.57 Å². The molecule has 0 saturated carbocycles. The molecule has 6 nitrogen and oxygen atoms in total. The number of sulfonamides is 1. The first-order valence-corrected chi connectivity index (χ1v) is 13.8. The standard InChI is InChI=1S/C28H38N2O4S/c1-20(2)10-9-11-23(29-35(32,33)24-16-14-21(3)15-17-24)18-22-19-30(27(31)34-28(4,5)6)26-13-8-7-12-25(22)26/h7-8,12-17,19-20,23,29H,9-11,18H2,1-6H3. The molecule has 1 atom stereocenters. The van der Waals surface area contributed by atoms with E-state index in [0.717, 1.165) is 34.9 Å². The molecule has 1 unspecified atom stereocenters. The first-order valence-electron chi connectivity index (χ1n) is 12.3. The molecule has 0 amide bonds. The van der Waals surface area contributed by atoms with E-state index in [0.29, 0.717) is 18.8 Å². The molecule has 0 spiro atoms. The number of para-hydroxylation sites is 1. The van der Waals surface area contributed by atoms with Crippen molar-refractivity contribution in [1.82, 2.24) is 9.29 Å². The predicted molar refractivity (Wildman–Crippen MR) is 141 cm³/mol. The third kappa shape index (κ3) is 7.42. The molecule has 1 N–H and O–H groups in total. The number of hydrogen-bond acceptors (Lipinski definition) is 4. The highest BCUT2D eigenvalue weighted by Crippen LogP contribution is 2.26. The lowest BCUT2D eigenvalue weighted by atomic mass is 9.98. The van der Waals surface area contributed by atoms with Crippen LogP contribution >= 0.6 is 0 Å². The van der Waals surface area contributed by atoms with Crippen molar-refractivity contribution < 1.29 is 17.9 Å². The Morgan fingerprint density at radius 2 is 1.69 bits per heavy atom. The minimum absolute atomic E-state index is 0.258. The van der Waals surface area contributed by atoms with E-state index < -0.39 is 21.7 Å². The van der Waals surface area contributed by atoms with Crippen molar-refractivity contribution in [3.05, 3.63) is 65.9 Å². The van der Waals surface area contributed by atoms with Gasteiger partial charge in [-0.3, -0.25) is 4.57 Å². The summed E-state index contributed by atoms with van der Waals surface area (Å²) in [5, 5.41) is 0.918. The summed E-state index contributed by atoms with van der Waals surface area (Å²) in [7, 11) is -3.68. The van der Waals surface area contributed by atoms with Crippen LogP contribution in [-0.4, -0.2) is 30.7 Å². The fourth-order valence-electron chi connectivity index (χ4n) is 4.12. The summed E-state index contributed by atoms with van der Waals surface area (Å²) in [6, 6.07) is 14.2. The van der Waals surface area contributed by atoms with Crippen molar-refractivity contribution in [3.63, 3.8) is 0 Å². The number of nitrogens with zero attached hydrogens (tertiary/aromatic N) is 1. The highest BCUT2D eigenvalue weighted by atomic mass is 32.2. The molecule has 3 aromatic rings. The lowest BCUT2D eigenvalue weighted by Crippen LogP contribution is -2.36. The maximum atomic E-state index is 13.2. The van der Waals surface area contributed by atoms with Crippen molar-refractivity contribution >= 4 is 27.0 Å². The summed E-state index contributed by atoms with van der Waals surface area (Å²) < 4.78 is 36.4. The number of benzene rings is 2. The van der Waals surface area contributed by atoms with Crippen LogP contribution < -0.4 is 4.72 Å². The fourth-order valence-corrected chi connectivity index (χ4v) is 5.39. The molecule has 0 aliphatic rings. The van der Waals surface area contributed by atoms with Gasteiger partial charge in [-0.15, -0.1) is 0 Å². The van der Waals surface area contributed by atoms with Crippen molar-refractivity contribution in [2.75, 3.05) is 0 Å². The number of aromatic nitrogens is 1. The van der Waals surface area contributed by atoms with E-state index in [4.69, 9.17) is 4.74 Å². The Morgan fingerprint density at radius 1 is 1.03 bits per heavy atom. The van der Waals surface area contributed by atoms with E-state index >= 15 is 0 Å². The van der Waals surface area contributed by atoms with Crippen molar-refractivity contribution in [2.45, 2.75) is 83.8 Å². The first-order chi connectivity index (χ1) is 16.4. The van der Waals surface area contributed by atoms with Gasteiger partial charge >= 0.3 is 6.09 Å². The Kier molecular flexibility index (Phi) is 8.44. The minimum Gasteiger partial charge on any atom is -0.443 e. The Bertz CT molecular complexity index is 1250. The molecular weight excluding hydrogens is 460 g/mol. The second kappa shape index (κ2) is 11.0. The van der Waals surface area contributed by atoms with Gasteiger partial charge in [-0.2, -0.15) is 0 Å². The number of nitrogens with one attached hydrogen (secondary N) is 1. The number of aryl methyl sites for hydroxylation is 1. The molecule has 0 radical (unpaired) electrons. The second-order valence-corrected chi connectivity index (χ2v) is 12.4. The van der Waals surface area contributed by atoms with Gasteiger partial charge in [0.25, 0.3) is 0 Å². The van der Waals surface area contributed by atoms with E-state index in [1.807, 2.05) is 52.0 Å². The predicted octanol–water partition coefficient (Wildman–Crippen LogP) is 6.45. The number of hydrogen-bond donors (Lipinski definition) is 1. The maximum absolute atomic E-state index is 13.2. The molecule has 0 bridgehead atoms. The maximum Gasteiger partial charge on any atom is 0.419 e. The van der Waals surface area contributed by atoms with Crippen LogP contribution in [-0.2, 0) is 21.2 Å². The number of ether oxygens (including phenoxy) is 1. The van der Waals surface area contributed by atoms with Crippen molar-refractivity contribution in [1.29, 1.82) is 0 Å². The molecule has 1 aromatic heterocycles. The Labute approximate surface area is 209 Å². The third-order valence-electron chi connectivity index (χ3n) is 5.84. The number of rotatable bonds is 9. The molecule has 0 aliphatic carbocycles. The Hall–Kier alpha value is -2.64. The van der Waals surface area contributed by atoms with Crippen LogP contribution in [0.2, 0.25) is 0 Å². The highest BCUT2D eigenvalue weighted by Gasteiger charge is 2.24. The molecule has 7 heteroatoms. The van der Waals surface area contributed by atoms with Crippen LogP contribution in [0.4, 0.5) is 4.79 Å². The quantitative estimate of drug-likeness (QED) is 0.368. The molecule has 0 saturated heterocycles. The van der Waals surface area contributed by atoms with Gasteiger partial charge in [0.2, 0.25) is 10.0 Å². The normalized spacial score (nSPS) is 13.3. The van der Waals surface area contributed by atoms with Gasteiger partial charge in [-0.05, 0) is 70.2 Å². The molecule has 190 valence electrons. The van der Waals surface area contributed by atoms with Crippen LogP contribution in [0.1, 0.15) is 65.0 Å². The minimum atomic E-state index is -3.68. The number of carbonyl (C=O) groups is 1. The molecule has 0 aliphatic heterocycles. The monoisotopic (exact) mass is 498 g/mol. The van der Waals surface area contributed by atoms with Gasteiger partial charge < -0.3 is 4.74 Å². The van der Waals surface area contributed by atoms with E-state index in [-0.39, 0.29) is 10.9 Å². The fraction of sp³-hybridized carbons (Fsp3) is 0.464. The topological polar surface area (TPSA) is 77.4 Å². The van der Waals surface area contributed by atoms with E-state index in [9.17, 15) is 13.2 Å². The zero-order valence-corrected chi connectivity index (χ0v) is 22.5. The van der Waals surface area contributed by atoms with E-state index in [2.05, 4.69) is 18.6 Å². The van der Waals surface area contributed by atoms with Crippen LogP contribution in [0.15, 0.2) is 59.6 Å². The zero-order valence-electron chi connectivity index (χ0n) is 21.7. The molecule has 3 rings (SSSR count). The van der Waals surface area contributed by atoms with Gasteiger partial charge in [0.05, 0.1) is 10.4 Å². The molecule has 2 aromatic carbocycles. The van der Waals surface area contributed by atoms with Gasteiger partial charge in [0.15, 0.2) is 0 Å². The largest absolute Gasteiger partial charge is 0.443 e. The van der Waals surface area contributed by atoms with Crippen molar-refractivity contribution in [3.8, 4) is 0 Å². The lowest BCUT2D eigenvalue weighted by molar-refractivity contribution is 0.0544. The van der Waals surface area contributed by atoms with Crippen LogP contribution in [0.5, 0.6) is 0 Å².